The van der Waals surface area contributed by atoms with Crippen molar-refractivity contribution in [2.75, 3.05) is 0 Å². The fourth-order valence-electron chi connectivity index (χ4n) is 2.16. The molecule has 1 aromatic carbocycles. The zero-order valence-electron chi connectivity index (χ0n) is 12.4. The Bertz CT molecular complexity index is 419. The average molecular weight is 281 g/mol. The summed E-state index contributed by atoms with van der Waals surface area (Å²) in [6.07, 6.45) is 1.54. The summed E-state index contributed by atoms with van der Waals surface area (Å²) in [5.41, 5.74) is 0.661. The van der Waals surface area contributed by atoms with E-state index >= 15 is 0 Å². The van der Waals surface area contributed by atoms with Gasteiger partial charge in [-0.05, 0) is 37.5 Å². The van der Waals surface area contributed by atoms with Gasteiger partial charge in [-0.25, -0.2) is 4.39 Å². The maximum Gasteiger partial charge on any atom is 0.223 e. The predicted octanol–water partition coefficient (Wildman–Crippen LogP) is 3.19. The first kappa shape index (κ1) is 16.6. The summed E-state index contributed by atoms with van der Waals surface area (Å²) < 4.78 is 12.8. The van der Waals surface area contributed by atoms with E-state index in [1.165, 1.54) is 12.1 Å². The van der Waals surface area contributed by atoms with Gasteiger partial charge < -0.3 is 10.4 Å². The average Bonchev–Trinajstić information content (AvgIpc) is 2.39. The molecule has 0 bridgehead atoms. The molecule has 0 radical (unpaired) electrons. The number of carbonyl (C=O) groups excluding carboxylic acids is 1. The van der Waals surface area contributed by atoms with Gasteiger partial charge in [-0.15, -0.1) is 0 Å². The van der Waals surface area contributed by atoms with Crippen LogP contribution in [0.15, 0.2) is 24.3 Å². The molecule has 0 aliphatic carbocycles. The monoisotopic (exact) mass is 281 g/mol. The summed E-state index contributed by atoms with van der Waals surface area (Å²) in [6.45, 7) is 5.82. The SMILES string of the molecule is CCCC(C)C(=O)NC(C)CC(O)c1ccc(F)cc1. The Labute approximate surface area is 120 Å². The van der Waals surface area contributed by atoms with Gasteiger partial charge in [0, 0.05) is 12.0 Å². The fraction of sp³-hybridized carbons (Fsp3) is 0.562. The van der Waals surface area contributed by atoms with Crippen LogP contribution in [-0.4, -0.2) is 17.1 Å². The van der Waals surface area contributed by atoms with Crippen molar-refractivity contribution >= 4 is 5.91 Å². The highest BCUT2D eigenvalue weighted by molar-refractivity contribution is 5.78. The van der Waals surface area contributed by atoms with Crippen molar-refractivity contribution in [3.05, 3.63) is 35.6 Å². The molecular formula is C16H24FNO2. The molecule has 0 fully saturated rings. The number of rotatable bonds is 7. The van der Waals surface area contributed by atoms with Gasteiger partial charge >= 0.3 is 0 Å². The molecule has 0 aliphatic rings. The van der Waals surface area contributed by atoms with Gasteiger partial charge in [0.05, 0.1) is 6.10 Å². The Morgan fingerprint density at radius 3 is 2.45 bits per heavy atom. The predicted molar refractivity (Wildman–Crippen MR) is 77.7 cm³/mol. The van der Waals surface area contributed by atoms with Crippen LogP contribution in [0.1, 0.15) is 51.7 Å². The second kappa shape index (κ2) is 8.00. The Morgan fingerprint density at radius 1 is 1.30 bits per heavy atom. The summed E-state index contributed by atoms with van der Waals surface area (Å²) in [7, 11) is 0. The number of hydrogen-bond acceptors (Lipinski definition) is 2. The van der Waals surface area contributed by atoms with Crippen molar-refractivity contribution in [1.29, 1.82) is 0 Å². The lowest BCUT2D eigenvalue weighted by molar-refractivity contribution is -0.125. The summed E-state index contributed by atoms with van der Waals surface area (Å²) in [4.78, 5) is 11.9. The molecule has 3 atom stereocenters. The molecule has 20 heavy (non-hydrogen) atoms. The van der Waals surface area contributed by atoms with E-state index in [0.29, 0.717) is 12.0 Å². The van der Waals surface area contributed by atoms with Gasteiger partial charge in [-0.1, -0.05) is 32.4 Å². The van der Waals surface area contributed by atoms with Crippen LogP contribution in [0.25, 0.3) is 0 Å². The van der Waals surface area contributed by atoms with Gasteiger partial charge in [0.2, 0.25) is 5.91 Å². The maximum atomic E-state index is 12.8. The minimum atomic E-state index is -0.701. The van der Waals surface area contributed by atoms with Gasteiger partial charge in [0.15, 0.2) is 0 Å². The molecule has 0 saturated heterocycles. The van der Waals surface area contributed by atoms with Crippen LogP contribution in [0.2, 0.25) is 0 Å². The van der Waals surface area contributed by atoms with Crippen molar-refractivity contribution in [1.82, 2.24) is 5.32 Å². The molecule has 0 saturated carbocycles. The first-order valence-electron chi connectivity index (χ1n) is 7.18. The van der Waals surface area contributed by atoms with Crippen LogP contribution in [-0.2, 0) is 4.79 Å². The van der Waals surface area contributed by atoms with Gasteiger partial charge in [-0.2, -0.15) is 0 Å². The molecule has 0 heterocycles. The number of aliphatic hydroxyl groups excluding tert-OH is 1. The molecule has 0 aromatic heterocycles. The fourth-order valence-corrected chi connectivity index (χ4v) is 2.16. The van der Waals surface area contributed by atoms with Crippen LogP contribution in [0.5, 0.6) is 0 Å². The van der Waals surface area contributed by atoms with E-state index in [-0.39, 0.29) is 23.7 Å². The number of aliphatic hydroxyl groups is 1. The highest BCUT2D eigenvalue weighted by Gasteiger charge is 2.17. The van der Waals surface area contributed by atoms with E-state index in [4.69, 9.17) is 0 Å². The van der Waals surface area contributed by atoms with E-state index < -0.39 is 6.10 Å². The third-order valence-electron chi connectivity index (χ3n) is 3.39. The van der Waals surface area contributed by atoms with E-state index in [1.807, 2.05) is 20.8 Å². The molecule has 1 amide bonds. The van der Waals surface area contributed by atoms with Crippen LogP contribution in [0.4, 0.5) is 4.39 Å². The van der Waals surface area contributed by atoms with E-state index in [1.54, 1.807) is 12.1 Å². The quantitative estimate of drug-likeness (QED) is 0.806. The maximum absolute atomic E-state index is 12.8. The molecule has 2 N–H and O–H groups in total. The van der Waals surface area contributed by atoms with Crippen molar-refractivity contribution in [2.45, 2.75) is 52.2 Å². The summed E-state index contributed by atoms with van der Waals surface area (Å²) in [6, 6.07) is 5.65. The Hall–Kier alpha value is -1.42. The van der Waals surface area contributed by atoms with Crippen molar-refractivity contribution in [3.8, 4) is 0 Å². The first-order valence-corrected chi connectivity index (χ1v) is 7.18. The largest absolute Gasteiger partial charge is 0.388 e. The number of hydrogen-bond donors (Lipinski definition) is 2. The highest BCUT2D eigenvalue weighted by atomic mass is 19.1. The zero-order valence-corrected chi connectivity index (χ0v) is 12.4. The van der Waals surface area contributed by atoms with Crippen LogP contribution >= 0.6 is 0 Å². The second-order valence-electron chi connectivity index (χ2n) is 5.40. The molecular weight excluding hydrogens is 257 g/mol. The molecule has 4 heteroatoms. The summed E-state index contributed by atoms with van der Waals surface area (Å²) in [5, 5.41) is 13.0. The molecule has 0 aliphatic heterocycles. The first-order chi connectivity index (χ1) is 9.43. The van der Waals surface area contributed by atoms with Crippen molar-refractivity contribution in [2.24, 2.45) is 5.92 Å². The lowest BCUT2D eigenvalue weighted by atomic mass is 10.0. The second-order valence-corrected chi connectivity index (χ2v) is 5.40. The molecule has 1 aromatic rings. The summed E-state index contributed by atoms with van der Waals surface area (Å²) >= 11 is 0. The van der Waals surface area contributed by atoms with Crippen LogP contribution in [0.3, 0.4) is 0 Å². The minimum Gasteiger partial charge on any atom is -0.388 e. The third kappa shape index (κ3) is 5.29. The van der Waals surface area contributed by atoms with Crippen molar-refractivity contribution in [3.63, 3.8) is 0 Å². The number of amides is 1. The Balaban J connectivity index is 2.47. The summed E-state index contributed by atoms with van der Waals surface area (Å²) in [5.74, 6) is -0.313. The standard InChI is InChI=1S/C16H24FNO2/c1-4-5-11(2)16(20)18-12(3)10-15(19)13-6-8-14(17)9-7-13/h6-9,11-12,15,19H,4-5,10H2,1-3H3,(H,18,20). The van der Waals surface area contributed by atoms with Gasteiger partial charge in [0.25, 0.3) is 0 Å². The number of halogens is 1. The zero-order chi connectivity index (χ0) is 15.1. The minimum absolute atomic E-state index is 0.00888. The third-order valence-corrected chi connectivity index (χ3v) is 3.39. The van der Waals surface area contributed by atoms with E-state index in [9.17, 15) is 14.3 Å². The highest BCUT2D eigenvalue weighted by Crippen LogP contribution is 2.19. The molecule has 0 spiro atoms. The molecule has 3 unspecified atom stereocenters. The topological polar surface area (TPSA) is 49.3 Å². The van der Waals surface area contributed by atoms with E-state index in [2.05, 4.69) is 5.32 Å². The number of carbonyl (C=O) groups is 1. The smallest absolute Gasteiger partial charge is 0.223 e. The van der Waals surface area contributed by atoms with Crippen LogP contribution < -0.4 is 5.32 Å². The lowest BCUT2D eigenvalue weighted by Crippen LogP contribution is -2.37. The number of benzene rings is 1. The lowest BCUT2D eigenvalue weighted by Gasteiger charge is -2.20. The number of nitrogens with one attached hydrogen (secondary N) is 1. The normalized spacial score (nSPS) is 15.4. The van der Waals surface area contributed by atoms with E-state index in [0.717, 1.165) is 12.8 Å². The molecule has 112 valence electrons. The van der Waals surface area contributed by atoms with Gasteiger partial charge in [0.1, 0.15) is 5.82 Å². The van der Waals surface area contributed by atoms with Crippen molar-refractivity contribution < 1.29 is 14.3 Å². The Kier molecular flexibility index (Phi) is 6.65. The molecule has 3 nitrogen and oxygen atoms in total. The Morgan fingerprint density at radius 2 is 1.90 bits per heavy atom. The molecule has 1 rings (SSSR count). The van der Waals surface area contributed by atoms with Gasteiger partial charge in [-0.3, -0.25) is 4.79 Å². The van der Waals surface area contributed by atoms with Crippen LogP contribution in [0, 0.1) is 11.7 Å².